The normalized spacial score (nSPS) is 12.2. The highest BCUT2D eigenvalue weighted by atomic mass is 16.7. The van der Waals surface area contributed by atoms with Crippen molar-refractivity contribution in [1.82, 2.24) is 10.0 Å². The molecule has 0 saturated carbocycles. The molecule has 0 aliphatic heterocycles. The van der Waals surface area contributed by atoms with Crippen molar-refractivity contribution in [2.45, 2.75) is 46.1 Å². The van der Waals surface area contributed by atoms with Crippen LogP contribution in [0, 0.1) is 5.92 Å². The topological polar surface area (TPSA) is 101 Å². The van der Waals surface area contributed by atoms with Crippen LogP contribution in [-0.4, -0.2) is 32.9 Å². The summed E-state index contributed by atoms with van der Waals surface area (Å²) in [6.07, 6.45) is 1.40. The van der Waals surface area contributed by atoms with Crippen LogP contribution < -0.4 is 10.2 Å². The minimum atomic E-state index is -0.828. The number of hydrogen-bond acceptors (Lipinski definition) is 5. The Morgan fingerprint density at radius 1 is 1.29 bits per heavy atom. The minimum Gasteiger partial charge on any atom is -0.492 e. The van der Waals surface area contributed by atoms with Gasteiger partial charge in [0.25, 0.3) is 0 Å². The predicted octanol–water partition coefficient (Wildman–Crippen LogP) is 1.19. The van der Waals surface area contributed by atoms with E-state index < -0.39 is 23.8 Å². The van der Waals surface area contributed by atoms with Crippen molar-refractivity contribution in [2.24, 2.45) is 5.92 Å². The van der Waals surface area contributed by atoms with Crippen LogP contribution in [0.4, 0.5) is 0 Å². The number of nitrogens with one attached hydrogen (secondary N) is 1. The number of hydrogen-bond donors (Lipinski definition) is 3. The number of carbonyl (C=O) groups excluding carboxylic acids is 2. The van der Waals surface area contributed by atoms with Gasteiger partial charge in [0.05, 0.1) is 0 Å². The molecule has 0 spiro atoms. The molecule has 7 heteroatoms. The van der Waals surface area contributed by atoms with Crippen molar-refractivity contribution >= 4 is 11.9 Å². The second kappa shape index (κ2) is 7.56. The van der Waals surface area contributed by atoms with E-state index in [4.69, 9.17) is 4.84 Å². The summed E-state index contributed by atoms with van der Waals surface area (Å²) < 4.78 is 0.613. The molecule has 0 saturated heterocycles. The lowest BCUT2D eigenvalue weighted by Gasteiger charge is -2.19. The molecule has 0 fully saturated rings. The van der Waals surface area contributed by atoms with Crippen molar-refractivity contribution in [3.05, 3.63) is 12.1 Å². The molecule has 3 N–H and O–H groups in total. The van der Waals surface area contributed by atoms with Crippen LogP contribution in [-0.2, 0) is 9.59 Å². The Morgan fingerprint density at radius 2 is 1.86 bits per heavy atom. The first-order chi connectivity index (χ1) is 9.85. The van der Waals surface area contributed by atoms with Gasteiger partial charge in [-0.3, -0.25) is 4.79 Å². The molecule has 0 aromatic carbocycles. The zero-order valence-electron chi connectivity index (χ0n) is 12.5. The lowest BCUT2D eigenvalue weighted by Crippen LogP contribution is -2.45. The van der Waals surface area contributed by atoms with Gasteiger partial charge in [-0.15, -0.1) is 4.73 Å². The van der Waals surface area contributed by atoms with E-state index >= 15 is 0 Å². The van der Waals surface area contributed by atoms with E-state index in [9.17, 15) is 19.8 Å². The summed E-state index contributed by atoms with van der Waals surface area (Å²) in [7, 11) is 0. The Balaban J connectivity index is 2.77. The van der Waals surface area contributed by atoms with Gasteiger partial charge in [0, 0.05) is 18.6 Å². The van der Waals surface area contributed by atoms with Crippen LogP contribution in [0.15, 0.2) is 12.1 Å². The van der Waals surface area contributed by atoms with Gasteiger partial charge in [-0.1, -0.05) is 20.8 Å². The minimum absolute atomic E-state index is 0.163. The van der Waals surface area contributed by atoms with Crippen LogP contribution in [0.2, 0.25) is 0 Å². The summed E-state index contributed by atoms with van der Waals surface area (Å²) in [6, 6.07) is 1.55. The van der Waals surface area contributed by atoms with Gasteiger partial charge in [-0.25, -0.2) is 4.79 Å². The molecule has 0 bridgehead atoms. The summed E-state index contributed by atoms with van der Waals surface area (Å²) in [4.78, 5) is 28.7. The third kappa shape index (κ3) is 5.02. The third-order valence-electron chi connectivity index (χ3n) is 2.78. The van der Waals surface area contributed by atoms with Crippen LogP contribution >= 0.6 is 0 Å². The Kier molecular flexibility index (Phi) is 6.08. The second-order valence-electron chi connectivity index (χ2n) is 5.25. The summed E-state index contributed by atoms with van der Waals surface area (Å²) in [5.41, 5.74) is 0. The average molecular weight is 298 g/mol. The average Bonchev–Trinajstić information content (AvgIpc) is 2.69. The quantitative estimate of drug-likeness (QED) is 0.702. The van der Waals surface area contributed by atoms with E-state index in [-0.39, 0.29) is 11.8 Å². The summed E-state index contributed by atoms with van der Waals surface area (Å²) in [6.45, 7) is 5.69. The lowest BCUT2D eigenvalue weighted by molar-refractivity contribution is -0.150. The molecule has 1 unspecified atom stereocenters. The fraction of sp³-hybridized carbons (Fsp3) is 0.571. The van der Waals surface area contributed by atoms with Gasteiger partial charge >= 0.3 is 5.97 Å². The van der Waals surface area contributed by atoms with Gasteiger partial charge in [0.2, 0.25) is 17.7 Å². The maximum absolute atomic E-state index is 12.1. The SMILES string of the molecule is CCCC(=O)NC(CC(C)C)C(=O)On1c(O)ccc1O. The Bertz CT molecular complexity index is 476. The Morgan fingerprint density at radius 3 is 2.33 bits per heavy atom. The molecule has 1 amide bonds. The molecular weight excluding hydrogens is 276 g/mol. The summed E-state index contributed by atoms with van der Waals surface area (Å²) in [5.74, 6) is -1.61. The van der Waals surface area contributed by atoms with Gasteiger partial charge in [0.15, 0.2) is 0 Å². The van der Waals surface area contributed by atoms with Crippen molar-refractivity contribution in [2.75, 3.05) is 0 Å². The molecular formula is C14H22N2O5. The first-order valence-corrected chi connectivity index (χ1v) is 6.96. The van der Waals surface area contributed by atoms with Crippen LogP contribution in [0.1, 0.15) is 40.0 Å². The number of aromatic hydroxyl groups is 2. The van der Waals surface area contributed by atoms with E-state index in [1.807, 2.05) is 20.8 Å². The molecule has 0 radical (unpaired) electrons. The first-order valence-electron chi connectivity index (χ1n) is 6.96. The van der Waals surface area contributed by atoms with Crippen LogP contribution in [0.3, 0.4) is 0 Å². The maximum Gasteiger partial charge on any atom is 0.355 e. The van der Waals surface area contributed by atoms with Crippen molar-refractivity contribution < 1.29 is 24.6 Å². The Hall–Kier alpha value is -2.18. The smallest absolute Gasteiger partial charge is 0.355 e. The zero-order valence-corrected chi connectivity index (χ0v) is 12.5. The molecule has 0 aliphatic rings. The van der Waals surface area contributed by atoms with Crippen molar-refractivity contribution in [3.8, 4) is 11.8 Å². The molecule has 0 aliphatic carbocycles. The van der Waals surface area contributed by atoms with Crippen molar-refractivity contribution in [1.29, 1.82) is 0 Å². The molecule has 1 heterocycles. The lowest BCUT2D eigenvalue weighted by atomic mass is 10.0. The first kappa shape index (κ1) is 16.9. The summed E-state index contributed by atoms with van der Waals surface area (Å²) >= 11 is 0. The highest BCUT2D eigenvalue weighted by molar-refractivity contribution is 5.84. The fourth-order valence-corrected chi connectivity index (χ4v) is 1.83. The highest BCUT2D eigenvalue weighted by Crippen LogP contribution is 2.19. The fourth-order valence-electron chi connectivity index (χ4n) is 1.83. The van der Waals surface area contributed by atoms with Gasteiger partial charge < -0.3 is 20.4 Å². The number of rotatable bonds is 7. The third-order valence-corrected chi connectivity index (χ3v) is 2.78. The molecule has 7 nitrogen and oxygen atoms in total. The van der Waals surface area contributed by atoms with Gasteiger partial charge in [0.1, 0.15) is 6.04 Å². The van der Waals surface area contributed by atoms with E-state index in [1.54, 1.807) is 0 Å². The van der Waals surface area contributed by atoms with E-state index in [0.29, 0.717) is 24.0 Å². The van der Waals surface area contributed by atoms with Crippen LogP contribution in [0.25, 0.3) is 0 Å². The zero-order chi connectivity index (χ0) is 16.0. The number of amides is 1. The van der Waals surface area contributed by atoms with E-state index in [1.165, 1.54) is 12.1 Å². The molecule has 21 heavy (non-hydrogen) atoms. The molecule has 1 atom stereocenters. The number of aromatic nitrogens is 1. The monoisotopic (exact) mass is 298 g/mol. The molecule has 118 valence electrons. The van der Waals surface area contributed by atoms with Crippen LogP contribution in [0.5, 0.6) is 11.8 Å². The Labute approximate surface area is 123 Å². The number of carbonyl (C=O) groups is 2. The standard InChI is InChI=1S/C14H22N2O5/c1-4-5-11(17)15-10(8-9(2)3)14(20)21-16-12(18)6-7-13(16)19/h6-7,9-10,18-19H,4-5,8H2,1-3H3,(H,15,17). The van der Waals surface area contributed by atoms with Crippen molar-refractivity contribution in [3.63, 3.8) is 0 Å². The maximum atomic E-state index is 12.1. The largest absolute Gasteiger partial charge is 0.492 e. The van der Waals surface area contributed by atoms with Gasteiger partial charge in [-0.2, -0.15) is 0 Å². The second-order valence-corrected chi connectivity index (χ2v) is 5.25. The van der Waals surface area contributed by atoms with E-state index in [2.05, 4.69) is 5.32 Å². The van der Waals surface area contributed by atoms with E-state index in [0.717, 1.165) is 0 Å². The highest BCUT2D eigenvalue weighted by Gasteiger charge is 2.25. The summed E-state index contributed by atoms with van der Waals surface area (Å²) in [5, 5.41) is 21.5. The molecule has 1 rings (SSSR count). The molecule has 1 aromatic rings. The molecule has 1 aromatic heterocycles. The predicted molar refractivity (Wildman–Crippen MR) is 75.6 cm³/mol. The number of nitrogens with zero attached hydrogens (tertiary/aromatic N) is 1. The van der Waals surface area contributed by atoms with Gasteiger partial charge in [-0.05, 0) is 18.8 Å².